The molecule has 0 heterocycles. The van der Waals surface area contributed by atoms with Crippen LogP contribution in [0.25, 0.3) is 0 Å². The fourth-order valence-electron chi connectivity index (χ4n) is 3.66. The molecule has 3 aromatic rings. The third-order valence-electron chi connectivity index (χ3n) is 5.16. The van der Waals surface area contributed by atoms with Gasteiger partial charge >= 0.3 is 0 Å². The zero-order valence-electron chi connectivity index (χ0n) is 16.6. The van der Waals surface area contributed by atoms with Gasteiger partial charge < -0.3 is 15.8 Å². The van der Waals surface area contributed by atoms with E-state index in [1.54, 1.807) is 30.3 Å². The van der Waals surface area contributed by atoms with Crippen molar-refractivity contribution in [2.45, 2.75) is 11.8 Å². The lowest BCUT2D eigenvalue weighted by Gasteiger charge is -2.23. The lowest BCUT2D eigenvalue weighted by atomic mass is 9.82. The summed E-state index contributed by atoms with van der Waals surface area (Å²) in [5.41, 5.74) is 6.84. The second-order valence-corrected chi connectivity index (χ2v) is 8.46. The molecule has 1 aliphatic rings. The lowest BCUT2D eigenvalue weighted by Crippen LogP contribution is -2.25. The van der Waals surface area contributed by atoms with Gasteiger partial charge in [-0.3, -0.25) is 14.1 Å². The summed E-state index contributed by atoms with van der Waals surface area (Å²) in [6.45, 7) is 1.85. The molecule has 3 aromatic carbocycles. The Balaban J connectivity index is 2.00. The normalized spacial score (nSPS) is 12.9. The standard InChI is InChI=1S/C22H18N2O6S/c1-11-7-8-12(9-16(11)30-2)24-15-10-17(31(27,28)29)20(23)19-18(15)21(25)13-5-3-4-6-14(13)22(19)26/h3-10,24H,23H2,1-2H3,(H,27,28,29). The van der Waals surface area contributed by atoms with Gasteiger partial charge in [-0.1, -0.05) is 30.3 Å². The number of hydrogen-bond donors (Lipinski definition) is 3. The van der Waals surface area contributed by atoms with Crippen LogP contribution in [0.1, 0.15) is 37.4 Å². The summed E-state index contributed by atoms with van der Waals surface area (Å²) >= 11 is 0. The highest BCUT2D eigenvalue weighted by molar-refractivity contribution is 7.86. The Labute approximate surface area is 178 Å². The number of hydrogen-bond acceptors (Lipinski definition) is 7. The third-order valence-corrected chi connectivity index (χ3v) is 6.06. The minimum Gasteiger partial charge on any atom is -0.496 e. The molecule has 4 N–H and O–H groups in total. The number of anilines is 3. The molecule has 158 valence electrons. The van der Waals surface area contributed by atoms with Gasteiger partial charge in [-0.15, -0.1) is 0 Å². The predicted octanol–water partition coefficient (Wildman–Crippen LogP) is 3.35. The first-order valence-corrected chi connectivity index (χ1v) is 10.6. The molecule has 9 heteroatoms. The number of carbonyl (C=O) groups is 2. The van der Waals surface area contributed by atoms with Gasteiger partial charge in [-0.25, -0.2) is 0 Å². The average Bonchev–Trinajstić information content (AvgIpc) is 2.73. The first-order valence-electron chi connectivity index (χ1n) is 9.17. The molecule has 0 aromatic heterocycles. The first-order chi connectivity index (χ1) is 14.6. The van der Waals surface area contributed by atoms with E-state index in [1.807, 2.05) is 6.92 Å². The van der Waals surface area contributed by atoms with Gasteiger partial charge in [0, 0.05) is 22.9 Å². The molecular formula is C22H18N2O6S. The second kappa shape index (κ2) is 7.22. The molecule has 0 saturated heterocycles. The fraction of sp³-hybridized carbons (Fsp3) is 0.0909. The number of nitrogens with one attached hydrogen (secondary N) is 1. The van der Waals surface area contributed by atoms with Gasteiger partial charge in [0.2, 0.25) is 0 Å². The van der Waals surface area contributed by atoms with Crippen LogP contribution in [-0.4, -0.2) is 31.6 Å². The molecule has 0 spiro atoms. The number of fused-ring (bicyclic) bond motifs is 2. The van der Waals surface area contributed by atoms with Crippen LogP contribution in [0.2, 0.25) is 0 Å². The van der Waals surface area contributed by atoms with Crippen LogP contribution in [0.15, 0.2) is 53.4 Å². The van der Waals surface area contributed by atoms with Gasteiger partial charge in [0.15, 0.2) is 11.6 Å². The molecule has 0 amide bonds. The van der Waals surface area contributed by atoms with E-state index in [2.05, 4.69) is 5.32 Å². The van der Waals surface area contributed by atoms with Crippen LogP contribution >= 0.6 is 0 Å². The number of benzene rings is 3. The van der Waals surface area contributed by atoms with Gasteiger partial charge in [0.05, 0.1) is 29.6 Å². The summed E-state index contributed by atoms with van der Waals surface area (Å²) in [4.78, 5) is 25.8. The smallest absolute Gasteiger partial charge is 0.296 e. The van der Waals surface area contributed by atoms with Crippen LogP contribution < -0.4 is 15.8 Å². The van der Waals surface area contributed by atoms with Crippen molar-refractivity contribution in [2.24, 2.45) is 0 Å². The molecule has 31 heavy (non-hydrogen) atoms. The minimum atomic E-state index is -4.77. The van der Waals surface area contributed by atoms with Crippen LogP contribution in [0.4, 0.5) is 17.1 Å². The zero-order chi connectivity index (χ0) is 22.5. The summed E-state index contributed by atoms with van der Waals surface area (Å²) in [5, 5.41) is 2.97. The van der Waals surface area contributed by atoms with E-state index in [4.69, 9.17) is 10.5 Å². The molecule has 8 nitrogen and oxygen atoms in total. The molecular weight excluding hydrogens is 420 g/mol. The van der Waals surface area contributed by atoms with Crippen LogP contribution in [-0.2, 0) is 10.1 Å². The quantitative estimate of drug-likeness (QED) is 0.326. The highest BCUT2D eigenvalue weighted by atomic mass is 32.2. The summed E-state index contributed by atoms with van der Waals surface area (Å²) < 4.78 is 38.9. The number of carbonyl (C=O) groups excluding carboxylic acids is 2. The minimum absolute atomic E-state index is 0.0237. The third kappa shape index (κ3) is 3.33. The first kappa shape index (κ1) is 20.6. The molecule has 0 bridgehead atoms. The topological polar surface area (TPSA) is 136 Å². The number of nitrogens with two attached hydrogens (primary N) is 1. The molecule has 4 rings (SSSR count). The maximum absolute atomic E-state index is 13.3. The lowest BCUT2D eigenvalue weighted by molar-refractivity contribution is 0.0980. The largest absolute Gasteiger partial charge is 0.496 e. The highest BCUT2D eigenvalue weighted by Gasteiger charge is 2.36. The Morgan fingerprint density at radius 1 is 0.968 bits per heavy atom. The number of aryl methyl sites for hydroxylation is 1. The van der Waals surface area contributed by atoms with E-state index in [-0.39, 0.29) is 27.9 Å². The summed E-state index contributed by atoms with van der Waals surface area (Å²) in [6.07, 6.45) is 0. The van der Waals surface area contributed by atoms with Crippen molar-refractivity contribution in [3.8, 4) is 5.75 Å². The van der Waals surface area contributed by atoms with E-state index in [0.717, 1.165) is 11.6 Å². The van der Waals surface area contributed by atoms with Crippen molar-refractivity contribution in [3.63, 3.8) is 0 Å². The van der Waals surface area contributed by atoms with E-state index in [9.17, 15) is 22.6 Å². The zero-order valence-corrected chi connectivity index (χ0v) is 17.4. The number of nitrogen functional groups attached to an aromatic ring is 1. The molecule has 0 unspecified atom stereocenters. The van der Waals surface area contributed by atoms with Crippen molar-refractivity contribution in [2.75, 3.05) is 18.2 Å². The van der Waals surface area contributed by atoms with Crippen molar-refractivity contribution >= 4 is 38.7 Å². The van der Waals surface area contributed by atoms with Crippen molar-refractivity contribution < 1.29 is 27.3 Å². The molecule has 0 aliphatic heterocycles. The second-order valence-electron chi connectivity index (χ2n) is 7.07. The number of methoxy groups -OCH3 is 1. The maximum Gasteiger partial charge on any atom is 0.296 e. The van der Waals surface area contributed by atoms with E-state index >= 15 is 0 Å². The molecule has 0 radical (unpaired) electrons. The van der Waals surface area contributed by atoms with Crippen LogP contribution in [0.3, 0.4) is 0 Å². The Morgan fingerprint density at radius 2 is 1.58 bits per heavy atom. The number of ketones is 2. The Morgan fingerprint density at radius 3 is 2.16 bits per heavy atom. The monoisotopic (exact) mass is 438 g/mol. The van der Waals surface area contributed by atoms with Crippen molar-refractivity contribution in [1.82, 2.24) is 0 Å². The van der Waals surface area contributed by atoms with E-state index in [1.165, 1.54) is 19.2 Å². The molecule has 0 saturated carbocycles. The van der Waals surface area contributed by atoms with Gasteiger partial charge in [0.25, 0.3) is 10.1 Å². The van der Waals surface area contributed by atoms with Gasteiger partial charge in [-0.2, -0.15) is 8.42 Å². The van der Waals surface area contributed by atoms with Gasteiger partial charge in [0.1, 0.15) is 10.6 Å². The SMILES string of the molecule is COc1cc(Nc2cc(S(=O)(=O)O)c(N)c3c2C(=O)c2ccccc2C3=O)ccc1C. The molecule has 1 aliphatic carbocycles. The highest BCUT2D eigenvalue weighted by Crippen LogP contribution is 2.40. The maximum atomic E-state index is 13.3. The fourth-order valence-corrected chi connectivity index (χ4v) is 4.31. The average molecular weight is 438 g/mol. The number of rotatable bonds is 4. The van der Waals surface area contributed by atoms with Crippen LogP contribution in [0, 0.1) is 6.92 Å². The Hall–Kier alpha value is -3.69. The van der Waals surface area contributed by atoms with E-state index in [0.29, 0.717) is 11.4 Å². The Kier molecular flexibility index (Phi) is 4.79. The van der Waals surface area contributed by atoms with Crippen molar-refractivity contribution in [3.05, 3.63) is 76.3 Å². The summed E-state index contributed by atoms with van der Waals surface area (Å²) in [6, 6.07) is 12.4. The Bertz CT molecular complexity index is 1380. The molecule has 0 atom stereocenters. The van der Waals surface area contributed by atoms with E-state index < -0.39 is 32.3 Å². The number of ether oxygens (including phenoxy) is 1. The van der Waals surface area contributed by atoms with Crippen LogP contribution in [0.5, 0.6) is 5.75 Å². The van der Waals surface area contributed by atoms with Gasteiger partial charge in [-0.05, 0) is 24.6 Å². The molecule has 0 fully saturated rings. The predicted molar refractivity (Wildman–Crippen MR) is 115 cm³/mol. The van der Waals surface area contributed by atoms with Crippen molar-refractivity contribution in [1.29, 1.82) is 0 Å². The summed E-state index contributed by atoms with van der Waals surface area (Å²) in [5.74, 6) is -0.518. The summed E-state index contributed by atoms with van der Waals surface area (Å²) in [7, 11) is -3.27.